The van der Waals surface area contributed by atoms with Crippen LogP contribution in [0.25, 0.3) is 0 Å². The lowest BCUT2D eigenvalue weighted by molar-refractivity contribution is -0.143. The van der Waals surface area contributed by atoms with Gasteiger partial charge in [-0.1, -0.05) is 13.0 Å². The molecule has 28 heavy (non-hydrogen) atoms. The number of hydrogen-bond donors (Lipinski definition) is 2. The predicted octanol–water partition coefficient (Wildman–Crippen LogP) is 3.94. The average molecular weight is 384 g/mol. The van der Waals surface area contributed by atoms with E-state index in [1.165, 1.54) is 29.8 Å². The molecule has 3 rings (SSSR count). The Morgan fingerprint density at radius 1 is 1.11 bits per heavy atom. The minimum atomic E-state index is -0.709. The maximum absolute atomic E-state index is 13.0. The van der Waals surface area contributed by atoms with Crippen LogP contribution in [-0.4, -0.2) is 35.0 Å². The van der Waals surface area contributed by atoms with Gasteiger partial charge in [0.05, 0.1) is 5.92 Å². The van der Waals surface area contributed by atoms with Crippen molar-refractivity contribution in [1.29, 1.82) is 0 Å². The summed E-state index contributed by atoms with van der Waals surface area (Å²) in [6.07, 6.45) is 2.21. The zero-order valence-electron chi connectivity index (χ0n) is 16.0. The highest BCUT2D eigenvalue weighted by Gasteiger charge is 2.24. The van der Waals surface area contributed by atoms with E-state index in [0.29, 0.717) is 24.1 Å². The number of piperidine rings is 1. The molecule has 0 aliphatic carbocycles. The number of likely N-dealkylation sites (tertiary alicyclic amines) is 1. The largest absolute Gasteiger partial charge is 0.481 e. The highest BCUT2D eigenvalue weighted by Crippen LogP contribution is 2.23. The Morgan fingerprint density at radius 2 is 1.79 bits per heavy atom. The number of carboxylic acid groups (broad SMARTS) is 1. The molecule has 2 aromatic carbocycles. The predicted molar refractivity (Wildman–Crippen MR) is 106 cm³/mol. The molecule has 6 heteroatoms. The maximum atomic E-state index is 13.0. The quantitative estimate of drug-likeness (QED) is 0.792. The molecular formula is C22H25FN2O3. The summed E-state index contributed by atoms with van der Waals surface area (Å²) in [4.78, 5) is 25.8. The molecule has 0 atom stereocenters. The molecule has 1 aliphatic rings. The van der Waals surface area contributed by atoms with Crippen molar-refractivity contribution in [2.45, 2.75) is 32.7 Å². The number of carbonyl (C=O) groups is 2. The molecule has 5 nitrogen and oxygen atoms in total. The molecule has 2 aromatic rings. The van der Waals surface area contributed by atoms with Gasteiger partial charge in [-0.2, -0.15) is 0 Å². The number of benzene rings is 2. The number of amides is 1. The van der Waals surface area contributed by atoms with Crippen LogP contribution in [0.4, 0.5) is 10.1 Å². The van der Waals surface area contributed by atoms with Crippen molar-refractivity contribution in [3.63, 3.8) is 0 Å². The minimum absolute atomic E-state index is 0.247. The SMILES string of the molecule is CCc1ccc(NC(=O)c2ccc(F)cc2)cc1CN1CCC(C(=O)O)CC1. The molecule has 0 unspecified atom stereocenters. The number of nitrogens with zero attached hydrogens (tertiary/aromatic N) is 1. The first-order valence-corrected chi connectivity index (χ1v) is 9.60. The molecule has 1 amide bonds. The van der Waals surface area contributed by atoms with Crippen molar-refractivity contribution in [1.82, 2.24) is 4.90 Å². The van der Waals surface area contributed by atoms with Crippen LogP contribution in [-0.2, 0) is 17.8 Å². The summed E-state index contributed by atoms with van der Waals surface area (Å²) in [5.74, 6) is -1.61. The third kappa shape index (κ3) is 4.95. The van der Waals surface area contributed by atoms with Crippen molar-refractivity contribution in [3.8, 4) is 0 Å². The van der Waals surface area contributed by atoms with E-state index in [0.717, 1.165) is 31.6 Å². The van der Waals surface area contributed by atoms with E-state index in [-0.39, 0.29) is 17.6 Å². The van der Waals surface area contributed by atoms with E-state index in [9.17, 15) is 14.0 Å². The topological polar surface area (TPSA) is 69.6 Å². The number of halogens is 1. The first-order valence-electron chi connectivity index (χ1n) is 9.60. The van der Waals surface area contributed by atoms with Gasteiger partial charge >= 0.3 is 5.97 Å². The molecule has 0 radical (unpaired) electrons. The Bertz CT molecular complexity index is 843. The van der Waals surface area contributed by atoms with Gasteiger partial charge in [0.15, 0.2) is 0 Å². The second kappa shape index (κ2) is 8.97. The minimum Gasteiger partial charge on any atom is -0.481 e. The molecule has 0 aromatic heterocycles. The summed E-state index contributed by atoms with van der Waals surface area (Å²) in [6.45, 7) is 4.33. The van der Waals surface area contributed by atoms with Crippen LogP contribution in [0, 0.1) is 11.7 Å². The fraction of sp³-hybridized carbons (Fsp3) is 0.364. The Balaban J connectivity index is 1.69. The number of anilines is 1. The highest BCUT2D eigenvalue weighted by molar-refractivity contribution is 6.04. The van der Waals surface area contributed by atoms with Gasteiger partial charge in [-0.05, 0) is 79.9 Å². The van der Waals surface area contributed by atoms with Gasteiger partial charge in [0.2, 0.25) is 0 Å². The fourth-order valence-electron chi connectivity index (χ4n) is 3.58. The van der Waals surface area contributed by atoms with Crippen LogP contribution < -0.4 is 5.32 Å². The number of aliphatic carboxylic acids is 1. The normalized spacial score (nSPS) is 15.4. The Labute approximate surface area is 164 Å². The average Bonchev–Trinajstić information content (AvgIpc) is 2.69. The Morgan fingerprint density at radius 3 is 2.39 bits per heavy atom. The number of hydrogen-bond acceptors (Lipinski definition) is 3. The second-order valence-electron chi connectivity index (χ2n) is 7.19. The lowest BCUT2D eigenvalue weighted by Gasteiger charge is -2.30. The number of aryl methyl sites for hydroxylation is 1. The summed E-state index contributed by atoms with van der Waals surface area (Å²) in [6, 6.07) is 11.3. The van der Waals surface area contributed by atoms with E-state index in [1.54, 1.807) is 0 Å². The molecule has 0 bridgehead atoms. The van der Waals surface area contributed by atoms with Crippen molar-refractivity contribution in [2.24, 2.45) is 5.92 Å². The highest BCUT2D eigenvalue weighted by atomic mass is 19.1. The zero-order chi connectivity index (χ0) is 20.1. The lowest BCUT2D eigenvalue weighted by atomic mass is 9.96. The molecule has 1 saturated heterocycles. The van der Waals surface area contributed by atoms with Crippen molar-refractivity contribution >= 4 is 17.6 Å². The third-order valence-electron chi connectivity index (χ3n) is 5.28. The van der Waals surface area contributed by atoms with Crippen LogP contribution in [0.2, 0.25) is 0 Å². The van der Waals surface area contributed by atoms with Gasteiger partial charge in [0.25, 0.3) is 5.91 Å². The van der Waals surface area contributed by atoms with E-state index in [1.807, 2.05) is 18.2 Å². The summed E-state index contributed by atoms with van der Waals surface area (Å²) in [5.41, 5.74) is 3.44. The fourth-order valence-corrected chi connectivity index (χ4v) is 3.58. The molecule has 1 aliphatic heterocycles. The first-order chi connectivity index (χ1) is 13.5. The van der Waals surface area contributed by atoms with Gasteiger partial charge in [0, 0.05) is 17.8 Å². The van der Waals surface area contributed by atoms with Gasteiger partial charge in [-0.3, -0.25) is 14.5 Å². The summed E-state index contributed by atoms with van der Waals surface area (Å²) in [7, 11) is 0. The van der Waals surface area contributed by atoms with E-state index in [2.05, 4.69) is 17.1 Å². The van der Waals surface area contributed by atoms with Crippen LogP contribution in [0.3, 0.4) is 0 Å². The third-order valence-corrected chi connectivity index (χ3v) is 5.28. The number of rotatable bonds is 6. The van der Waals surface area contributed by atoms with Gasteiger partial charge in [-0.25, -0.2) is 4.39 Å². The lowest BCUT2D eigenvalue weighted by Crippen LogP contribution is -2.36. The van der Waals surface area contributed by atoms with Crippen molar-refractivity contribution in [2.75, 3.05) is 18.4 Å². The summed E-state index contributed by atoms with van der Waals surface area (Å²) in [5, 5.41) is 12.0. The molecule has 0 spiro atoms. The molecule has 1 heterocycles. The van der Waals surface area contributed by atoms with E-state index >= 15 is 0 Å². The Hall–Kier alpha value is -2.73. The molecule has 0 saturated carbocycles. The van der Waals surface area contributed by atoms with E-state index < -0.39 is 5.97 Å². The van der Waals surface area contributed by atoms with Crippen LogP contribution in [0.1, 0.15) is 41.3 Å². The van der Waals surface area contributed by atoms with E-state index in [4.69, 9.17) is 5.11 Å². The van der Waals surface area contributed by atoms with Crippen molar-refractivity contribution < 1.29 is 19.1 Å². The van der Waals surface area contributed by atoms with Gasteiger partial charge in [0.1, 0.15) is 5.82 Å². The molecule has 2 N–H and O–H groups in total. The molecule has 148 valence electrons. The van der Waals surface area contributed by atoms with Gasteiger partial charge in [-0.15, -0.1) is 0 Å². The smallest absolute Gasteiger partial charge is 0.306 e. The zero-order valence-corrected chi connectivity index (χ0v) is 16.0. The van der Waals surface area contributed by atoms with Crippen molar-refractivity contribution in [3.05, 3.63) is 65.0 Å². The molecular weight excluding hydrogens is 359 g/mol. The summed E-state index contributed by atoms with van der Waals surface area (Å²) >= 11 is 0. The molecule has 1 fully saturated rings. The number of carbonyl (C=O) groups excluding carboxylic acids is 1. The number of carboxylic acids is 1. The second-order valence-corrected chi connectivity index (χ2v) is 7.19. The van der Waals surface area contributed by atoms with Gasteiger partial charge < -0.3 is 10.4 Å². The Kier molecular flexibility index (Phi) is 6.41. The number of nitrogens with one attached hydrogen (secondary N) is 1. The van der Waals surface area contributed by atoms with Crippen LogP contribution in [0.5, 0.6) is 0 Å². The van der Waals surface area contributed by atoms with Crippen LogP contribution in [0.15, 0.2) is 42.5 Å². The first kappa shape index (κ1) is 20.0. The van der Waals surface area contributed by atoms with Crippen LogP contribution >= 0.6 is 0 Å². The standard InChI is InChI=1S/C22H25FN2O3/c1-2-15-5-8-20(24-21(26)16-3-6-19(23)7-4-16)13-18(15)14-25-11-9-17(10-12-25)22(27)28/h3-8,13,17H,2,9-12,14H2,1H3,(H,24,26)(H,27,28). The summed E-state index contributed by atoms with van der Waals surface area (Å²) < 4.78 is 13.0. The maximum Gasteiger partial charge on any atom is 0.306 e. The monoisotopic (exact) mass is 384 g/mol.